The second-order valence-corrected chi connectivity index (χ2v) is 5.10. The second-order valence-electron chi connectivity index (χ2n) is 5.10. The normalized spacial score (nSPS) is 8.00. The van der Waals surface area contributed by atoms with Crippen molar-refractivity contribution in [1.29, 1.82) is 0 Å². The van der Waals surface area contributed by atoms with Crippen molar-refractivity contribution in [1.82, 2.24) is 15.0 Å². The van der Waals surface area contributed by atoms with Crippen LogP contribution >= 0.6 is 0 Å². The Balaban J connectivity index is -0.000000334. The van der Waals surface area contributed by atoms with Crippen LogP contribution in [-0.2, 0) is 11.3 Å². The highest BCUT2D eigenvalue weighted by Gasteiger charge is 2.21. The number of ketones is 1. The number of aromatic nitrogens is 3. The van der Waals surface area contributed by atoms with E-state index in [-0.39, 0.29) is 11.2 Å². The molecule has 0 aliphatic carbocycles. The lowest BCUT2D eigenvalue weighted by Crippen LogP contribution is -2.25. The maximum Gasteiger partial charge on any atom is 0.159 e. The minimum atomic E-state index is -0.306. The van der Waals surface area contributed by atoms with E-state index in [1.165, 1.54) is 0 Å². The highest BCUT2D eigenvalue weighted by atomic mass is 16.1. The van der Waals surface area contributed by atoms with Gasteiger partial charge in [0.1, 0.15) is 6.54 Å². The number of hydrogen-bond donors (Lipinski definition) is 0. The zero-order valence-electron chi connectivity index (χ0n) is 14.8. The summed E-state index contributed by atoms with van der Waals surface area (Å²) in [6.07, 6.45) is 15.6. The SMILES string of the molecule is C#CC.C#CC.C#CC.Cc1cn(CC(=O)C(C)(C)C)nn1. The lowest BCUT2D eigenvalue weighted by atomic mass is 9.91. The van der Waals surface area contributed by atoms with Gasteiger partial charge in [-0.05, 0) is 27.7 Å². The summed E-state index contributed by atoms with van der Waals surface area (Å²) in [5.74, 6) is 6.91. The van der Waals surface area contributed by atoms with Gasteiger partial charge in [-0.15, -0.1) is 42.1 Å². The molecule has 4 heteroatoms. The van der Waals surface area contributed by atoms with Crippen LogP contribution in [0.3, 0.4) is 0 Å². The predicted octanol–water partition coefficient (Wildman–Crippen LogP) is 3.12. The molecule has 0 N–H and O–H groups in total. The summed E-state index contributed by atoms with van der Waals surface area (Å²) in [5, 5.41) is 7.63. The minimum Gasteiger partial charge on any atom is -0.297 e. The highest BCUT2D eigenvalue weighted by molar-refractivity contribution is 5.83. The molecule has 0 aromatic carbocycles. The third-order valence-corrected chi connectivity index (χ3v) is 1.80. The molecule has 0 saturated heterocycles. The molecule has 120 valence electrons. The Kier molecular flexibility index (Phi) is 16.6. The molecule has 0 atom stereocenters. The summed E-state index contributed by atoms with van der Waals surface area (Å²) >= 11 is 0. The summed E-state index contributed by atoms with van der Waals surface area (Å²) < 4.78 is 1.57. The topological polar surface area (TPSA) is 47.8 Å². The molecule has 0 aliphatic rings. The van der Waals surface area contributed by atoms with Crippen LogP contribution in [0.1, 0.15) is 47.2 Å². The van der Waals surface area contributed by atoms with Gasteiger partial charge in [-0.2, -0.15) is 0 Å². The maximum absolute atomic E-state index is 11.6. The number of aryl methyl sites for hydroxylation is 1. The molecule has 1 aromatic heterocycles. The van der Waals surface area contributed by atoms with Gasteiger partial charge in [0, 0.05) is 11.6 Å². The van der Waals surface area contributed by atoms with E-state index in [1.807, 2.05) is 27.7 Å². The average molecular weight is 301 g/mol. The number of terminal acetylenes is 3. The van der Waals surface area contributed by atoms with E-state index in [0.717, 1.165) is 5.69 Å². The number of nitrogens with zero attached hydrogens (tertiary/aromatic N) is 3. The first kappa shape index (κ1) is 24.5. The Bertz CT molecular complexity index is 500. The van der Waals surface area contributed by atoms with Crippen molar-refractivity contribution in [3.05, 3.63) is 11.9 Å². The Labute approximate surface area is 135 Å². The van der Waals surface area contributed by atoms with Crippen molar-refractivity contribution >= 4 is 5.78 Å². The van der Waals surface area contributed by atoms with Gasteiger partial charge >= 0.3 is 0 Å². The number of carbonyl (C=O) groups is 1. The zero-order valence-corrected chi connectivity index (χ0v) is 14.8. The van der Waals surface area contributed by atoms with Crippen molar-refractivity contribution in [3.8, 4) is 37.0 Å². The van der Waals surface area contributed by atoms with E-state index >= 15 is 0 Å². The van der Waals surface area contributed by atoms with E-state index in [9.17, 15) is 4.79 Å². The van der Waals surface area contributed by atoms with Crippen LogP contribution in [0.2, 0.25) is 0 Å². The number of hydrogen-bond acceptors (Lipinski definition) is 3. The van der Waals surface area contributed by atoms with Gasteiger partial charge < -0.3 is 0 Å². The molecular formula is C18H27N3O. The Morgan fingerprint density at radius 2 is 1.50 bits per heavy atom. The molecule has 22 heavy (non-hydrogen) atoms. The summed E-state index contributed by atoms with van der Waals surface area (Å²) in [5.41, 5.74) is 0.529. The van der Waals surface area contributed by atoms with Crippen LogP contribution in [-0.4, -0.2) is 20.8 Å². The zero-order chi connectivity index (χ0) is 18.2. The number of rotatable bonds is 2. The predicted molar refractivity (Wildman–Crippen MR) is 92.7 cm³/mol. The van der Waals surface area contributed by atoms with Gasteiger partial charge in [-0.1, -0.05) is 26.0 Å². The van der Waals surface area contributed by atoms with Crippen LogP contribution < -0.4 is 0 Å². The van der Waals surface area contributed by atoms with Crippen molar-refractivity contribution < 1.29 is 4.79 Å². The Morgan fingerprint density at radius 3 is 1.73 bits per heavy atom. The number of carbonyl (C=O) groups excluding carboxylic acids is 1. The van der Waals surface area contributed by atoms with Crippen molar-refractivity contribution in [2.75, 3.05) is 0 Å². The highest BCUT2D eigenvalue weighted by Crippen LogP contribution is 2.15. The fourth-order valence-corrected chi connectivity index (χ4v) is 0.857. The Hall–Kier alpha value is -2.51. The molecule has 0 saturated carbocycles. The van der Waals surface area contributed by atoms with Gasteiger partial charge in [0.2, 0.25) is 0 Å². The van der Waals surface area contributed by atoms with Crippen LogP contribution in [0, 0.1) is 49.4 Å². The molecule has 1 aromatic rings. The molecule has 0 bridgehead atoms. The van der Waals surface area contributed by atoms with Crippen LogP contribution in [0.5, 0.6) is 0 Å². The molecule has 0 aliphatic heterocycles. The quantitative estimate of drug-likeness (QED) is 0.789. The van der Waals surface area contributed by atoms with Crippen LogP contribution in [0.4, 0.5) is 0 Å². The molecule has 0 unspecified atom stereocenters. The van der Waals surface area contributed by atoms with Gasteiger partial charge in [0.25, 0.3) is 0 Å². The second kappa shape index (κ2) is 14.9. The van der Waals surface area contributed by atoms with E-state index in [1.54, 1.807) is 31.6 Å². The van der Waals surface area contributed by atoms with Crippen LogP contribution in [0.25, 0.3) is 0 Å². The molecule has 0 fully saturated rings. The maximum atomic E-state index is 11.6. The van der Waals surface area contributed by atoms with Crippen molar-refractivity contribution in [2.24, 2.45) is 5.41 Å². The Morgan fingerprint density at radius 1 is 1.14 bits per heavy atom. The van der Waals surface area contributed by atoms with Crippen molar-refractivity contribution in [2.45, 2.75) is 55.0 Å². The third-order valence-electron chi connectivity index (χ3n) is 1.80. The average Bonchev–Trinajstić information content (AvgIpc) is 2.76. The van der Waals surface area contributed by atoms with E-state index < -0.39 is 0 Å². The van der Waals surface area contributed by atoms with E-state index in [4.69, 9.17) is 0 Å². The first-order valence-corrected chi connectivity index (χ1v) is 6.66. The summed E-state index contributed by atoms with van der Waals surface area (Å²) in [6, 6.07) is 0. The van der Waals surface area contributed by atoms with Gasteiger partial charge in [-0.25, -0.2) is 4.68 Å². The molecule has 0 radical (unpaired) electrons. The van der Waals surface area contributed by atoms with Gasteiger partial charge in [0.05, 0.1) is 5.69 Å². The standard InChI is InChI=1S/C9H15N3O.3C3H4/c1-7-5-12(11-10-7)6-8(13)9(2,3)4;3*1-3-2/h5H,6H2,1-4H3;3*1H,2H3. The lowest BCUT2D eigenvalue weighted by molar-refractivity contribution is -0.127. The molecule has 1 heterocycles. The number of Topliss-reactive ketones (excluding diaryl/α,β-unsaturated/α-hetero) is 1. The molecule has 4 nitrogen and oxygen atoms in total. The smallest absolute Gasteiger partial charge is 0.159 e. The lowest BCUT2D eigenvalue weighted by Gasteiger charge is -2.15. The van der Waals surface area contributed by atoms with E-state index in [2.05, 4.69) is 47.3 Å². The first-order chi connectivity index (χ1) is 10.1. The summed E-state index contributed by atoms with van der Waals surface area (Å²) in [7, 11) is 0. The van der Waals surface area contributed by atoms with Crippen LogP contribution in [0.15, 0.2) is 6.20 Å². The largest absolute Gasteiger partial charge is 0.297 e. The van der Waals surface area contributed by atoms with Crippen molar-refractivity contribution in [3.63, 3.8) is 0 Å². The molecule has 0 amide bonds. The fourth-order valence-electron chi connectivity index (χ4n) is 0.857. The summed E-state index contributed by atoms with van der Waals surface area (Å²) in [4.78, 5) is 11.6. The fraction of sp³-hybridized carbons (Fsp3) is 0.500. The molecule has 0 spiro atoms. The van der Waals surface area contributed by atoms with E-state index in [0.29, 0.717) is 6.54 Å². The monoisotopic (exact) mass is 301 g/mol. The first-order valence-electron chi connectivity index (χ1n) is 6.66. The summed E-state index contributed by atoms with van der Waals surface area (Å²) in [6.45, 7) is 12.8. The van der Waals surface area contributed by atoms with Gasteiger partial charge in [0.15, 0.2) is 5.78 Å². The molecule has 1 rings (SSSR count). The third kappa shape index (κ3) is 17.5. The molecular weight excluding hydrogens is 274 g/mol. The minimum absolute atomic E-state index is 0.164. The van der Waals surface area contributed by atoms with Gasteiger partial charge in [-0.3, -0.25) is 4.79 Å².